The second-order valence-corrected chi connectivity index (χ2v) is 11.6. The molecule has 0 amide bonds. The van der Waals surface area contributed by atoms with Crippen LogP contribution >= 0.6 is 0 Å². The summed E-state index contributed by atoms with van der Waals surface area (Å²) in [6.45, 7) is 6.40. The van der Waals surface area contributed by atoms with Gasteiger partial charge < -0.3 is 4.98 Å². The van der Waals surface area contributed by atoms with Crippen LogP contribution in [0.1, 0.15) is 86.1 Å². The molecule has 0 spiro atoms. The van der Waals surface area contributed by atoms with Crippen molar-refractivity contribution in [1.29, 1.82) is 0 Å². The SMILES string of the molecule is CCCCCCCCCCc1cnc(-c2[c-]cc3c4c(cccc24)CC3)nc1.Cc1c[c-]c(-c2ncccc2C)cc1.[Ir]. The van der Waals surface area contributed by atoms with Gasteiger partial charge in [0.1, 0.15) is 0 Å². The molecule has 0 saturated carbocycles. The van der Waals surface area contributed by atoms with Gasteiger partial charge in [0.25, 0.3) is 0 Å². The number of hydrogen-bond donors (Lipinski definition) is 0. The first kappa shape index (κ1) is 32.7. The molecule has 3 aromatic carbocycles. The quantitative estimate of drug-likeness (QED) is 0.0999. The van der Waals surface area contributed by atoms with E-state index in [2.05, 4.69) is 90.3 Å². The summed E-state index contributed by atoms with van der Waals surface area (Å²) in [4.78, 5) is 13.7. The van der Waals surface area contributed by atoms with E-state index in [4.69, 9.17) is 0 Å². The van der Waals surface area contributed by atoms with Crippen molar-refractivity contribution in [2.45, 2.75) is 91.4 Å². The van der Waals surface area contributed by atoms with Crippen molar-refractivity contribution in [2.75, 3.05) is 0 Å². The predicted octanol–water partition coefficient (Wildman–Crippen LogP) is 10.0. The molecule has 0 aliphatic heterocycles. The van der Waals surface area contributed by atoms with E-state index in [0.717, 1.165) is 41.9 Å². The second-order valence-electron chi connectivity index (χ2n) is 11.6. The van der Waals surface area contributed by atoms with Crippen LogP contribution in [0.25, 0.3) is 33.4 Å². The van der Waals surface area contributed by atoms with E-state index < -0.39 is 0 Å². The van der Waals surface area contributed by atoms with Gasteiger partial charge in [0.15, 0.2) is 0 Å². The van der Waals surface area contributed by atoms with Gasteiger partial charge in [-0.2, -0.15) is 0 Å². The summed E-state index contributed by atoms with van der Waals surface area (Å²) in [5, 5.41) is 2.66. The van der Waals surface area contributed by atoms with E-state index in [0.29, 0.717) is 0 Å². The zero-order chi connectivity index (χ0) is 29.1. The van der Waals surface area contributed by atoms with E-state index in [-0.39, 0.29) is 20.1 Å². The van der Waals surface area contributed by atoms with Crippen LogP contribution in [-0.2, 0) is 39.4 Å². The molecule has 4 heteroatoms. The Labute approximate surface area is 272 Å². The molecule has 1 aliphatic rings. The molecule has 5 aromatic rings. The smallest absolute Gasteiger partial charge is 0.0754 e. The van der Waals surface area contributed by atoms with Crippen LogP contribution in [0, 0.1) is 26.0 Å². The van der Waals surface area contributed by atoms with E-state index in [9.17, 15) is 0 Å². The van der Waals surface area contributed by atoms with Gasteiger partial charge in [0, 0.05) is 38.7 Å². The van der Waals surface area contributed by atoms with Crippen molar-refractivity contribution in [3.63, 3.8) is 0 Å². The van der Waals surface area contributed by atoms with Crippen LogP contribution in [0.3, 0.4) is 0 Å². The Balaban J connectivity index is 0.000000238. The van der Waals surface area contributed by atoms with Gasteiger partial charge >= 0.3 is 0 Å². The van der Waals surface area contributed by atoms with E-state index in [1.807, 2.05) is 30.7 Å². The molecule has 0 fully saturated rings. The first-order valence-electron chi connectivity index (χ1n) is 15.8. The molecular formula is C39H43IrN3-2. The van der Waals surface area contributed by atoms with Crippen LogP contribution in [0.2, 0.25) is 0 Å². The maximum absolute atomic E-state index is 4.69. The molecular weight excluding hydrogens is 703 g/mol. The molecule has 0 atom stereocenters. The first-order valence-corrected chi connectivity index (χ1v) is 15.8. The minimum absolute atomic E-state index is 0. The number of hydrogen-bond acceptors (Lipinski definition) is 3. The normalized spacial score (nSPS) is 11.6. The van der Waals surface area contributed by atoms with Crippen molar-refractivity contribution >= 4 is 10.8 Å². The fourth-order valence-electron chi connectivity index (χ4n) is 5.85. The largest absolute Gasteiger partial charge is 0.304 e. The summed E-state index contributed by atoms with van der Waals surface area (Å²) in [6, 6.07) is 25.6. The Bertz CT molecular complexity index is 1570. The Kier molecular flexibility index (Phi) is 12.6. The molecule has 1 radical (unpaired) electrons. The Hall–Kier alpha value is -3.20. The van der Waals surface area contributed by atoms with Crippen molar-refractivity contribution in [3.05, 3.63) is 113 Å². The predicted molar refractivity (Wildman–Crippen MR) is 176 cm³/mol. The molecule has 43 heavy (non-hydrogen) atoms. The van der Waals surface area contributed by atoms with Crippen LogP contribution < -0.4 is 0 Å². The molecule has 0 saturated heterocycles. The number of nitrogens with zero attached hydrogens (tertiary/aromatic N) is 3. The molecule has 2 aromatic heterocycles. The topological polar surface area (TPSA) is 38.7 Å². The van der Waals surface area contributed by atoms with Gasteiger partial charge in [-0.05, 0) is 43.5 Å². The summed E-state index contributed by atoms with van der Waals surface area (Å²) in [5.41, 5.74) is 9.66. The van der Waals surface area contributed by atoms with Crippen LogP contribution in [0.15, 0.2) is 73.2 Å². The van der Waals surface area contributed by atoms with Crippen molar-refractivity contribution in [2.24, 2.45) is 0 Å². The number of unbranched alkanes of at least 4 members (excludes halogenated alkanes) is 7. The molecule has 0 N–H and O–H groups in total. The Morgan fingerprint density at radius 2 is 1.47 bits per heavy atom. The van der Waals surface area contributed by atoms with Gasteiger partial charge in [0.05, 0.1) is 5.82 Å². The van der Waals surface area contributed by atoms with E-state index in [1.165, 1.54) is 90.0 Å². The van der Waals surface area contributed by atoms with Crippen LogP contribution in [0.5, 0.6) is 0 Å². The monoisotopic (exact) mass is 746 g/mol. The van der Waals surface area contributed by atoms with Crippen molar-refractivity contribution in [3.8, 4) is 22.6 Å². The zero-order valence-corrected chi connectivity index (χ0v) is 28.3. The summed E-state index contributed by atoms with van der Waals surface area (Å²) in [6.07, 6.45) is 20.0. The summed E-state index contributed by atoms with van der Waals surface area (Å²) in [5.74, 6) is 0.801. The summed E-state index contributed by atoms with van der Waals surface area (Å²) < 4.78 is 0. The second kappa shape index (κ2) is 16.6. The van der Waals surface area contributed by atoms with Gasteiger partial charge in [0.2, 0.25) is 0 Å². The molecule has 0 bridgehead atoms. The molecule has 225 valence electrons. The maximum Gasteiger partial charge on any atom is 0.0754 e. The van der Waals surface area contributed by atoms with Gasteiger partial charge in [-0.15, -0.1) is 53.1 Å². The van der Waals surface area contributed by atoms with Gasteiger partial charge in [-0.25, -0.2) is 0 Å². The Morgan fingerprint density at radius 1 is 0.721 bits per heavy atom. The summed E-state index contributed by atoms with van der Waals surface area (Å²) in [7, 11) is 0. The van der Waals surface area contributed by atoms with E-state index >= 15 is 0 Å². The van der Waals surface area contributed by atoms with Gasteiger partial charge in [-0.3, -0.25) is 9.97 Å². The number of aryl methyl sites for hydroxylation is 5. The van der Waals surface area contributed by atoms with Crippen LogP contribution in [0.4, 0.5) is 0 Å². The third kappa shape index (κ3) is 8.68. The third-order valence-electron chi connectivity index (χ3n) is 8.28. The molecule has 1 aliphatic carbocycles. The zero-order valence-electron chi connectivity index (χ0n) is 25.9. The first-order chi connectivity index (χ1) is 20.6. The molecule has 2 heterocycles. The molecule has 6 rings (SSSR count). The van der Waals surface area contributed by atoms with Crippen molar-refractivity contribution in [1.82, 2.24) is 15.0 Å². The average molecular weight is 746 g/mol. The average Bonchev–Trinajstić information content (AvgIpc) is 3.45. The number of rotatable bonds is 11. The molecule has 0 unspecified atom stereocenters. The fraction of sp³-hybridized carbons (Fsp3) is 0.359. The third-order valence-corrected chi connectivity index (χ3v) is 8.28. The van der Waals surface area contributed by atoms with Crippen molar-refractivity contribution < 1.29 is 20.1 Å². The number of pyridine rings is 1. The minimum Gasteiger partial charge on any atom is -0.304 e. The van der Waals surface area contributed by atoms with Crippen LogP contribution in [-0.4, -0.2) is 15.0 Å². The molecule has 3 nitrogen and oxygen atoms in total. The fourth-order valence-corrected chi connectivity index (χ4v) is 5.85. The summed E-state index contributed by atoms with van der Waals surface area (Å²) >= 11 is 0. The maximum atomic E-state index is 4.69. The number of aromatic nitrogens is 3. The minimum atomic E-state index is 0. The Morgan fingerprint density at radius 3 is 2.19 bits per heavy atom. The van der Waals surface area contributed by atoms with Gasteiger partial charge in [-0.1, -0.05) is 117 Å². The van der Waals surface area contributed by atoms with E-state index in [1.54, 1.807) is 0 Å². The standard InChI is InChI=1S/C26H31N2.C13H12N.Ir/c1-2-3-4-5-6-7-8-9-11-20-18-27-26(28-19-20)24-17-16-22-15-14-21-12-10-13-23(24)25(21)22;1-10-5-7-12(8-6-10)13-11(2)4-3-9-14-13;/h10,12-13,16,18-19H,2-9,11,14-15H2,1H3;3-7,9H,1-2H3;/q2*-1;. The number of benzene rings is 3.